The van der Waals surface area contributed by atoms with Crippen LogP contribution in [-0.4, -0.2) is 20.9 Å². The number of para-hydroxylation sites is 1. The highest BCUT2D eigenvalue weighted by Crippen LogP contribution is 2.37. The van der Waals surface area contributed by atoms with Crippen LogP contribution < -0.4 is 0 Å². The molecule has 0 aliphatic carbocycles. The maximum Gasteiger partial charge on any atom is 0.274 e. The Morgan fingerprint density at radius 1 is 1.00 bits per heavy atom. The first kappa shape index (κ1) is 18.3. The Balaban J connectivity index is 1.84. The van der Waals surface area contributed by atoms with Crippen LogP contribution in [-0.2, 0) is 13.1 Å². The molecule has 0 spiro atoms. The van der Waals surface area contributed by atoms with Crippen LogP contribution in [0.1, 0.15) is 29.3 Å². The van der Waals surface area contributed by atoms with Crippen LogP contribution in [0.5, 0.6) is 0 Å². The quantitative estimate of drug-likeness (QED) is 0.486. The number of fused-ring (bicyclic) bond motifs is 1. The number of hydrogen-bond donors (Lipinski definition) is 0. The van der Waals surface area contributed by atoms with E-state index < -0.39 is 22.6 Å². The maximum atomic E-state index is 14.3. The number of nitrogens with zero attached hydrogens (tertiary/aromatic N) is 3. The highest BCUT2D eigenvalue weighted by molar-refractivity contribution is 5.46. The molecule has 0 fully saturated rings. The van der Waals surface area contributed by atoms with Crippen LogP contribution in [0.25, 0.3) is 0 Å². The van der Waals surface area contributed by atoms with Gasteiger partial charge < -0.3 is 4.57 Å². The van der Waals surface area contributed by atoms with Crippen molar-refractivity contribution in [1.82, 2.24) is 9.47 Å². The van der Waals surface area contributed by atoms with Crippen molar-refractivity contribution in [3.05, 3.63) is 99.4 Å². The average Bonchev–Trinajstić information content (AvgIpc) is 3.06. The second kappa shape index (κ2) is 7.52. The third-order valence-electron chi connectivity index (χ3n) is 5.21. The summed E-state index contributed by atoms with van der Waals surface area (Å²) in [5, 5.41) is 11.6. The summed E-state index contributed by atoms with van der Waals surface area (Å²) in [6, 6.07) is 13.7. The molecule has 3 aromatic rings. The van der Waals surface area contributed by atoms with E-state index in [-0.39, 0.29) is 17.8 Å². The molecule has 4 rings (SSSR count). The second-order valence-corrected chi connectivity index (χ2v) is 6.87. The van der Waals surface area contributed by atoms with E-state index in [0.29, 0.717) is 12.1 Å². The molecule has 1 aliphatic heterocycles. The van der Waals surface area contributed by atoms with Crippen LogP contribution in [0.15, 0.2) is 60.8 Å². The Morgan fingerprint density at radius 2 is 1.75 bits per heavy atom. The van der Waals surface area contributed by atoms with Crippen molar-refractivity contribution in [2.24, 2.45) is 0 Å². The zero-order valence-electron chi connectivity index (χ0n) is 15.1. The number of nitro benzene ring substituents is 1. The number of aryl methyl sites for hydroxylation is 1. The Morgan fingerprint density at radius 3 is 2.50 bits per heavy atom. The molecule has 5 nitrogen and oxygen atoms in total. The molecule has 0 saturated carbocycles. The van der Waals surface area contributed by atoms with E-state index in [1.165, 1.54) is 24.3 Å². The molecule has 1 unspecified atom stereocenters. The van der Waals surface area contributed by atoms with E-state index in [1.807, 2.05) is 23.2 Å². The van der Waals surface area contributed by atoms with E-state index in [1.54, 1.807) is 18.2 Å². The summed E-state index contributed by atoms with van der Waals surface area (Å²) < 4.78 is 30.7. The second-order valence-electron chi connectivity index (χ2n) is 6.87. The van der Waals surface area contributed by atoms with Gasteiger partial charge in [0, 0.05) is 43.2 Å². The number of benzene rings is 2. The standard InChI is InChI=1S/C21H19F2N3O2/c22-17-7-3-8-18(23)16(17)14-25-13-5-12-24-11-4-10-20(24)21(25)15-6-1-2-9-19(15)26(27)28/h1-4,6-11,21H,5,12-14H2. The first-order valence-corrected chi connectivity index (χ1v) is 9.11. The Labute approximate surface area is 161 Å². The van der Waals surface area contributed by atoms with Gasteiger partial charge in [-0.3, -0.25) is 15.0 Å². The summed E-state index contributed by atoms with van der Waals surface area (Å²) in [4.78, 5) is 13.1. The molecule has 0 bridgehead atoms. The van der Waals surface area contributed by atoms with E-state index in [9.17, 15) is 18.9 Å². The highest BCUT2D eigenvalue weighted by atomic mass is 19.1. The normalized spacial score (nSPS) is 17.1. The summed E-state index contributed by atoms with van der Waals surface area (Å²) in [6.45, 7) is 1.34. The molecule has 2 heterocycles. The molecule has 1 aliphatic rings. The number of rotatable bonds is 4. The minimum absolute atomic E-state index is 0.00107. The van der Waals surface area contributed by atoms with Crippen LogP contribution in [0.2, 0.25) is 0 Å². The fourth-order valence-electron chi connectivity index (χ4n) is 3.94. The first-order chi connectivity index (χ1) is 13.6. The highest BCUT2D eigenvalue weighted by Gasteiger charge is 2.32. The van der Waals surface area contributed by atoms with E-state index in [4.69, 9.17) is 0 Å². The first-order valence-electron chi connectivity index (χ1n) is 9.11. The van der Waals surface area contributed by atoms with Crippen molar-refractivity contribution in [3.63, 3.8) is 0 Å². The minimum atomic E-state index is -0.610. The summed E-state index contributed by atoms with van der Waals surface area (Å²) in [5.74, 6) is -1.22. The predicted octanol–water partition coefficient (Wildman–Crippen LogP) is 4.67. The number of halogens is 2. The van der Waals surface area contributed by atoms with Crippen LogP contribution in [0, 0.1) is 21.7 Å². The Bertz CT molecular complexity index is 998. The van der Waals surface area contributed by atoms with Crippen molar-refractivity contribution in [2.75, 3.05) is 6.54 Å². The zero-order valence-corrected chi connectivity index (χ0v) is 15.1. The average molecular weight is 383 g/mol. The summed E-state index contributed by atoms with van der Waals surface area (Å²) >= 11 is 0. The van der Waals surface area contributed by atoms with Crippen molar-refractivity contribution < 1.29 is 13.7 Å². The zero-order chi connectivity index (χ0) is 19.7. The van der Waals surface area contributed by atoms with Gasteiger partial charge in [-0.15, -0.1) is 0 Å². The van der Waals surface area contributed by atoms with Crippen molar-refractivity contribution in [1.29, 1.82) is 0 Å². The van der Waals surface area contributed by atoms with Gasteiger partial charge in [-0.1, -0.05) is 24.3 Å². The Hall–Kier alpha value is -3.06. The van der Waals surface area contributed by atoms with Gasteiger partial charge >= 0.3 is 0 Å². The molecule has 1 atom stereocenters. The fraction of sp³-hybridized carbons (Fsp3) is 0.238. The molecule has 0 amide bonds. The molecule has 0 N–H and O–H groups in total. The number of hydrogen-bond acceptors (Lipinski definition) is 3. The van der Waals surface area contributed by atoms with Gasteiger partial charge in [-0.05, 0) is 30.7 Å². The molecule has 0 saturated heterocycles. The molecule has 144 valence electrons. The van der Waals surface area contributed by atoms with E-state index >= 15 is 0 Å². The number of nitro groups is 1. The van der Waals surface area contributed by atoms with Gasteiger partial charge in [0.15, 0.2) is 0 Å². The van der Waals surface area contributed by atoms with Crippen LogP contribution >= 0.6 is 0 Å². The lowest BCUT2D eigenvalue weighted by Crippen LogP contribution is -2.30. The SMILES string of the molecule is O=[N+]([O-])c1ccccc1C1c2cccn2CCCN1Cc1c(F)cccc1F. The van der Waals surface area contributed by atoms with E-state index in [2.05, 4.69) is 4.57 Å². The summed E-state index contributed by atoms with van der Waals surface area (Å²) in [5.41, 5.74) is 1.38. The third-order valence-corrected chi connectivity index (χ3v) is 5.21. The van der Waals surface area contributed by atoms with Crippen molar-refractivity contribution in [3.8, 4) is 0 Å². The third kappa shape index (κ3) is 3.29. The molecular weight excluding hydrogens is 364 g/mol. The van der Waals surface area contributed by atoms with Crippen LogP contribution in [0.4, 0.5) is 14.5 Å². The largest absolute Gasteiger partial charge is 0.350 e. The molecule has 2 aromatic carbocycles. The number of aromatic nitrogens is 1. The smallest absolute Gasteiger partial charge is 0.274 e. The van der Waals surface area contributed by atoms with Gasteiger partial charge in [0.2, 0.25) is 0 Å². The topological polar surface area (TPSA) is 51.3 Å². The fourth-order valence-corrected chi connectivity index (χ4v) is 3.94. The lowest BCUT2D eigenvalue weighted by atomic mass is 9.99. The molecule has 28 heavy (non-hydrogen) atoms. The monoisotopic (exact) mass is 383 g/mol. The van der Waals surface area contributed by atoms with Gasteiger partial charge in [-0.2, -0.15) is 0 Å². The van der Waals surface area contributed by atoms with E-state index in [0.717, 1.165) is 18.7 Å². The molecule has 0 radical (unpaired) electrons. The molecule has 7 heteroatoms. The predicted molar refractivity (Wildman–Crippen MR) is 101 cm³/mol. The minimum Gasteiger partial charge on any atom is -0.350 e. The summed E-state index contributed by atoms with van der Waals surface area (Å²) in [6.07, 6.45) is 2.71. The van der Waals surface area contributed by atoms with Crippen molar-refractivity contribution >= 4 is 5.69 Å². The van der Waals surface area contributed by atoms with Gasteiger partial charge in [0.1, 0.15) is 11.6 Å². The van der Waals surface area contributed by atoms with Crippen LogP contribution in [0.3, 0.4) is 0 Å². The maximum absolute atomic E-state index is 14.3. The van der Waals surface area contributed by atoms with Gasteiger partial charge in [0.25, 0.3) is 5.69 Å². The van der Waals surface area contributed by atoms with Crippen molar-refractivity contribution in [2.45, 2.75) is 25.6 Å². The van der Waals surface area contributed by atoms with Gasteiger partial charge in [-0.25, -0.2) is 8.78 Å². The molecule has 1 aromatic heterocycles. The Kier molecular flexibility index (Phi) is 4.92. The molecular formula is C21H19F2N3O2. The summed E-state index contributed by atoms with van der Waals surface area (Å²) in [7, 11) is 0. The lowest BCUT2D eigenvalue weighted by molar-refractivity contribution is -0.385. The lowest BCUT2D eigenvalue weighted by Gasteiger charge is -2.30. The van der Waals surface area contributed by atoms with Gasteiger partial charge in [0.05, 0.1) is 16.5 Å².